The quantitative estimate of drug-likeness (QED) is 0.516. The van der Waals surface area contributed by atoms with E-state index in [9.17, 15) is 9.90 Å². The Morgan fingerprint density at radius 2 is 1.95 bits per heavy atom. The van der Waals surface area contributed by atoms with Crippen LogP contribution in [0.25, 0.3) is 6.08 Å². The SMILES string of the molecule is Nc1ccccc1C(=O)/C=C/c1cc(Br)ccc1O. The maximum atomic E-state index is 12.0. The molecule has 2 rings (SSSR count). The number of para-hydroxylation sites is 1. The third kappa shape index (κ3) is 3.23. The Kier molecular flexibility index (Phi) is 4.02. The normalized spacial score (nSPS) is 10.8. The van der Waals surface area contributed by atoms with Gasteiger partial charge in [-0.05, 0) is 42.5 Å². The Balaban J connectivity index is 2.26. The zero-order valence-electron chi connectivity index (χ0n) is 10.0. The molecule has 0 atom stereocenters. The van der Waals surface area contributed by atoms with Crippen molar-refractivity contribution in [1.29, 1.82) is 0 Å². The zero-order valence-corrected chi connectivity index (χ0v) is 11.6. The molecule has 3 N–H and O–H groups in total. The second-order valence-corrected chi connectivity index (χ2v) is 4.90. The molecule has 0 amide bonds. The first-order valence-corrected chi connectivity index (χ1v) is 6.42. The van der Waals surface area contributed by atoms with Crippen LogP contribution in [0.3, 0.4) is 0 Å². The number of nitrogens with two attached hydrogens (primary N) is 1. The number of phenols is 1. The molecule has 0 aliphatic heterocycles. The summed E-state index contributed by atoms with van der Waals surface area (Å²) >= 11 is 3.31. The van der Waals surface area contributed by atoms with E-state index in [0.29, 0.717) is 16.8 Å². The Bertz CT molecular complexity index is 650. The van der Waals surface area contributed by atoms with Gasteiger partial charge in [0.2, 0.25) is 0 Å². The number of ketones is 1. The minimum Gasteiger partial charge on any atom is -0.507 e. The number of benzene rings is 2. The summed E-state index contributed by atoms with van der Waals surface area (Å²) in [5.41, 5.74) is 7.19. The second-order valence-electron chi connectivity index (χ2n) is 3.99. The summed E-state index contributed by atoms with van der Waals surface area (Å²) in [5.74, 6) is -0.0780. The molecule has 0 saturated carbocycles. The van der Waals surface area contributed by atoms with Crippen molar-refractivity contribution in [3.05, 3.63) is 64.1 Å². The highest BCUT2D eigenvalue weighted by Gasteiger charge is 2.05. The van der Waals surface area contributed by atoms with Gasteiger partial charge < -0.3 is 10.8 Å². The highest BCUT2D eigenvalue weighted by Crippen LogP contribution is 2.23. The van der Waals surface area contributed by atoms with Gasteiger partial charge in [0.25, 0.3) is 0 Å². The van der Waals surface area contributed by atoms with Gasteiger partial charge in [0.1, 0.15) is 5.75 Å². The molecule has 4 heteroatoms. The maximum absolute atomic E-state index is 12.0. The third-order valence-corrected chi connectivity index (χ3v) is 3.12. The van der Waals surface area contributed by atoms with Gasteiger partial charge in [-0.2, -0.15) is 0 Å². The van der Waals surface area contributed by atoms with Gasteiger partial charge in [-0.3, -0.25) is 4.79 Å². The number of rotatable bonds is 3. The van der Waals surface area contributed by atoms with E-state index < -0.39 is 0 Å². The fourth-order valence-electron chi connectivity index (χ4n) is 1.64. The van der Waals surface area contributed by atoms with Gasteiger partial charge in [-0.25, -0.2) is 0 Å². The number of carbonyl (C=O) groups is 1. The topological polar surface area (TPSA) is 63.3 Å². The number of anilines is 1. The maximum Gasteiger partial charge on any atom is 0.187 e. The lowest BCUT2D eigenvalue weighted by molar-refractivity contribution is 0.104. The van der Waals surface area contributed by atoms with Crippen molar-refractivity contribution in [2.45, 2.75) is 0 Å². The Morgan fingerprint density at radius 1 is 1.21 bits per heavy atom. The lowest BCUT2D eigenvalue weighted by atomic mass is 10.1. The van der Waals surface area contributed by atoms with Crippen molar-refractivity contribution in [3.63, 3.8) is 0 Å². The summed E-state index contributed by atoms with van der Waals surface area (Å²) in [7, 11) is 0. The van der Waals surface area contributed by atoms with Crippen LogP contribution in [0.5, 0.6) is 5.75 Å². The first-order valence-electron chi connectivity index (χ1n) is 5.63. The number of nitrogen functional groups attached to an aromatic ring is 1. The number of carbonyl (C=O) groups excluding carboxylic acids is 1. The van der Waals surface area contributed by atoms with Crippen LogP contribution in [-0.4, -0.2) is 10.9 Å². The molecular formula is C15H12BrNO2. The summed E-state index contributed by atoms with van der Waals surface area (Å²) in [6.45, 7) is 0. The molecule has 0 unspecified atom stereocenters. The van der Waals surface area contributed by atoms with Gasteiger partial charge in [0.05, 0.1) is 0 Å². The lowest BCUT2D eigenvalue weighted by Crippen LogP contribution is -1.99. The van der Waals surface area contributed by atoms with E-state index in [1.807, 2.05) is 0 Å². The van der Waals surface area contributed by atoms with E-state index in [4.69, 9.17) is 5.73 Å². The molecule has 3 nitrogen and oxygen atoms in total. The zero-order chi connectivity index (χ0) is 13.8. The number of allylic oxidation sites excluding steroid dienone is 1. The van der Waals surface area contributed by atoms with Crippen LogP contribution >= 0.6 is 15.9 Å². The molecule has 0 radical (unpaired) electrons. The van der Waals surface area contributed by atoms with E-state index >= 15 is 0 Å². The Morgan fingerprint density at radius 3 is 2.68 bits per heavy atom. The Hall–Kier alpha value is -2.07. The molecule has 0 heterocycles. The molecule has 0 bridgehead atoms. The van der Waals surface area contributed by atoms with Gasteiger partial charge in [0.15, 0.2) is 5.78 Å². The lowest BCUT2D eigenvalue weighted by Gasteiger charge is -2.01. The predicted octanol–water partition coefficient (Wildman–Crippen LogP) is 3.63. The minimum absolute atomic E-state index is 0.119. The summed E-state index contributed by atoms with van der Waals surface area (Å²) in [6, 6.07) is 11.9. The minimum atomic E-state index is -0.197. The van der Waals surface area contributed by atoms with Gasteiger partial charge in [-0.15, -0.1) is 0 Å². The summed E-state index contributed by atoms with van der Waals surface area (Å²) in [5, 5.41) is 9.66. The average molecular weight is 318 g/mol. The molecule has 0 fully saturated rings. The first-order chi connectivity index (χ1) is 9.08. The molecule has 0 saturated heterocycles. The van der Waals surface area contributed by atoms with Crippen LogP contribution in [0.1, 0.15) is 15.9 Å². The fourth-order valence-corrected chi connectivity index (χ4v) is 2.01. The molecule has 0 aliphatic rings. The van der Waals surface area contributed by atoms with Crippen LogP contribution in [0.15, 0.2) is 53.0 Å². The number of halogens is 1. The van der Waals surface area contributed by atoms with Crippen molar-refractivity contribution in [3.8, 4) is 5.75 Å². The Labute approximate surface area is 119 Å². The summed E-state index contributed by atoms with van der Waals surface area (Å²) in [6.07, 6.45) is 2.96. The highest BCUT2D eigenvalue weighted by molar-refractivity contribution is 9.10. The molecule has 0 spiro atoms. The van der Waals surface area contributed by atoms with Crippen LogP contribution in [0, 0.1) is 0 Å². The van der Waals surface area contributed by atoms with Gasteiger partial charge >= 0.3 is 0 Å². The van der Waals surface area contributed by atoms with E-state index in [1.165, 1.54) is 6.08 Å². The van der Waals surface area contributed by atoms with Crippen LogP contribution in [-0.2, 0) is 0 Å². The average Bonchev–Trinajstić information content (AvgIpc) is 2.40. The van der Waals surface area contributed by atoms with E-state index in [-0.39, 0.29) is 11.5 Å². The molecule has 0 aromatic heterocycles. The van der Waals surface area contributed by atoms with Crippen LogP contribution in [0.4, 0.5) is 5.69 Å². The van der Waals surface area contributed by atoms with Crippen molar-refractivity contribution >= 4 is 33.5 Å². The molecule has 96 valence electrons. The molecule has 0 aliphatic carbocycles. The summed E-state index contributed by atoms with van der Waals surface area (Å²) in [4.78, 5) is 12.0. The number of aromatic hydroxyl groups is 1. The predicted molar refractivity (Wildman–Crippen MR) is 80.0 cm³/mol. The number of hydrogen-bond donors (Lipinski definition) is 2. The van der Waals surface area contributed by atoms with Crippen molar-refractivity contribution in [2.24, 2.45) is 0 Å². The summed E-state index contributed by atoms with van der Waals surface area (Å²) < 4.78 is 0.830. The van der Waals surface area contributed by atoms with Crippen molar-refractivity contribution < 1.29 is 9.90 Å². The number of hydrogen-bond acceptors (Lipinski definition) is 3. The van der Waals surface area contributed by atoms with Gasteiger partial charge in [-0.1, -0.05) is 28.1 Å². The molecular weight excluding hydrogens is 306 g/mol. The van der Waals surface area contributed by atoms with Crippen LogP contribution < -0.4 is 5.73 Å². The monoisotopic (exact) mass is 317 g/mol. The van der Waals surface area contributed by atoms with Crippen LogP contribution in [0.2, 0.25) is 0 Å². The van der Waals surface area contributed by atoms with Gasteiger partial charge in [0, 0.05) is 21.3 Å². The fraction of sp³-hybridized carbons (Fsp3) is 0. The van der Waals surface area contributed by atoms with E-state index in [2.05, 4.69) is 15.9 Å². The standard InChI is InChI=1S/C15H12BrNO2/c16-11-6-8-14(18)10(9-11)5-7-15(19)12-3-1-2-4-13(12)17/h1-9,18H,17H2/b7-5+. The first kappa shape index (κ1) is 13.4. The highest BCUT2D eigenvalue weighted by atomic mass is 79.9. The van der Waals surface area contributed by atoms with E-state index in [1.54, 1.807) is 48.5 Å². The van der Waals surface area contributed by atoms with Crippen molar-refractivity contribution in [1.82, 2.24) is 0 Å². The molecule has 2 aromatic rings. The van der Waals surface area contributed by atoms with Crippen molar-refractivity contribution in [2.75, 3.05) is 5.73 Å². The third-order valence-electron chi connectivity index (χ3n) is 2.63. The largest absolute Gasteiger partial charge is 0.507 e. The van der Waals surface area contributed by atoms with E-state index in [0.717, 1.165) is 4.47 Å². The smallest absolute Gasteiger partial charge is 0.187 e. The number of phenolic OH excluding ortho intramolecular Hbond substituents is 1. The molecule has 19 heavy (non-hydrogen) atoms. The molecule has 2 aromatic carbocycles. The second kappa shape index (κ2) is 5.71.